The lowest BCUT2D eigenvalue weighted by molar-refractivity contribution is -0.125. The number of nitrogens with two attached hydrogens (primary N) is 1. The molecule has 0 heterocycles. The van der Waals surface area contributed by atoms with Gasteiger partial charge in [0, 0.05) is 17.8 Å². The van der Waals surface area contributed by atoms with Gasteiger partial charge < -0.3 is 11.1 Å². The minimum Gasteiger partial charge on any atom is -0.329 e. The van der Waals surface area contributed by atoms with Crippen molar-refractivity contribution in [2.75, 3.05) is 11.9 Å². The van der Waals surface area contributed by atoms with E-state index in [2.05, 4.69) is 5.32 Å². The highest BCUT2D eigenvalue weighted by molar-refractivity contribution is 5.96. The summed E-state index contributed by atoms with van der Waals surface area (Å²) in [5, 5.41) is 11.6. The molecule has 1 amide bonds. The fraction of sp³-hybridized carbons (Fsp3) is 0.467. The first-order valence-corrected chi connectivity index (χ1v) is 6.65. The topological polar surface area (TPSA) is 78.9 Å². The average molecular weight is 277 g/mol. The number of hydrogen-bond donors (Lipinski definition) is 2. The summed E-state index contributed by atoms with van der Waals surface area (Å²) in [6.45, 7) is 5.59. The monoisotopic (exact) mass is 277 g/mol. The van der Waals surface area contributed by atoms with Gasteiger partial charge in [0.1, 0.15) is 5.82 Å². The number of carbonyl (C=O) groups excluding carboxylic acids is 1. The minimum atomic E-state index is -0.661. The van der Waals surface area contributed by atoms with Crippen LogP contribution < -0.4 is 11.1 Å². The van der Waals surface area contributed by atoms with E-state index in [4.69, 9.17) is 11.0 Å². The molecule has 0 aromatic heterocycles. The standard InChI is InChI=1S/C15H20FN3O/c1-4-15(5-2,9-18)14(20)19-13-7-11(8-17)6-12(16)10(13)3/h6-7H,4-5,9,18H2,1-3H3,(H,19,20). The van der Waals surface area contributed by atoms with Gasteiger partial charge in [-0.3, -0.25) is 4.79 Å². The smallest absolute Gasteiger partial charge is 0.231 e. The molecule has 0 fully saturated rings. The zero-order valence-electron chi connectivity index (χ0n) is 12.1. The zero-order chi connectivity index (χ0) is 15.3. The summed E-state index contributed by atoms with van der Waals surface area (Å²) < 4.78 is 13.7. The van der Waals surface area contributed by atoms with Gasteiger partial charge in [-0.15, -0.1) is 0 Å². The molecule has 0 aliphatic heterocycles. The molecular formula is C15H20FN3O. The van der Waals surface area contributed by atoms with Crippen LogP contribution in [0.25, 0.3) is 0 Å². The van der Waals surface area contributed by atoms with Crippen molar-refractivity contribution >= 4 is 11.6 Å². The molecule has 1 rings (SSSR count). The Balaban J connectivity index is 3.13. The number of benzene rings is 1. The van der Waals surface area contributed by atoms with E-state index < -0.39 is 11.2 Å². The summed E-state index contributed by atoms with van der Waals surface area (Å²) >= 11 is 0. The predicted molar refractivity (Wildman–Crippen MR) is 76.6 cm³/mol. The third-order valence-corrected chi connectivity index (χ3v) is 3.95. The molecule has 20 heavy (non-hydrogen) atoms. The third kappa shape index (κ3) is 2.97. The molecule has 0 bridgehead atoms. The fourth-order valence-corrected chi connectivity index (χ4v) is 2.08. The van der Waals surface area contributed by atoms with E-state index in [1.165, 1.54) is 6.07 Å². The minimum absolute atomic E-state index is 0.176. The number of nitrogens with one attached hydrogen (secondary N) is 1. The number of rotatable bonds is 5. The largest absolute Gasteiger partial charge is 0.329 e. The number of nitrogens with zero attached hydrogens (tertiary/aromatic N) is 1. The van der Waals surface area contributed by atoms with Gasteiger partial charge in [0.2, 0.25) is 5.91 Å². The van der Waals surface area contributed by atoms with Crippen LogP contribution in [0.5, 0.6) is 0 Å². The highest BCUT2D eigenvalue weighted by atomic mass is 19.1. The summed E-state index contributed by atoms with van der Waals surface area (Å²) in [6.07, 6.45) is 1.20. The van der Waals surface area contributed by atoms with E-state index >= 15 is 0 Å². The van der Waals surface area contributed by atoms with Crippen LogP contribution in [0.15, 0.2) is 12.1 Å². The van der Waals surface area contributed by atoms with Gasteiger partial charge >= 0.3 is 0 Å². The van der Waals surface area contributed by atoms with Gasteiger partial charge in [-0.25, -0.2) is 4.39 Å². The average Bonchev–Trinajstić information content (AvgIpc) is 2.46. The van der Waals surface area contributed by atoms with E-state index in [0.29, 0.717) is 24.1 Å². The summed E-state index contributed by atoms with van der Waals surface area (Å²) in [7, 11) is 0. The van der Waals surface area contributed by atoms with Gasteiger partial charge in [0.15, 0.2) is 0 Å². The lowest BCUT2D eigenvalue weighted by atomic mass is 9.81. The first-order chi connectivity index (χ1) is 9.43. The van der Waals surface area contributed by atoms with Gasteiger partial charge in [0.25, 0.3) is 0 Å². The van der Waals surface area contributed by atoms with Crippen LogP contribution in [0.3, 0.4) is 0 Å². The molecule has 0 saturated heterocycles. The Hall–Kier alpha value is -1.93. The molecule has 3 N–H and O–H groups in total. The highest BCUT2D eigenvalue weighted by Crippen LogP contribution is 2.28. The number of carbonyl (C=O) groups is 1. The SMILES string of the molecule is CCC(CC)(CN)C(=O)Nc1cc(C#N)cc(F)c1C. The second-order valence-corrected chi connectivity index (χ2v) is 4.89. The summed E-state index contributed by atoms with van der Waals surface area (Å²) in [4.78, 5) is 12.4. The van der Waals surface area contributed by atoms with Crippen molar-refractivity contribution < 1.29 is 9.18 Å². The number of anilines is 1. The van der Waals surface area contributed by atoms with Crippen molar-refractivity contribution in [2.45, 2.75) is 33.6 Å². The maximum Gasteiger partial charge on any atom is 0.231 e. The van der Waals surface area contributed by atoms with Crippen molar-refractivity contribution in [1.29, 1.82) is 5.26 Å². The number of hydrogen-bond acceptors (Lipinski definition) is 3. The Kier molecular flexibility index (Phi) is 5.23. The van der Waals surface area contributed by atoms with Crippen molar-refractivity contribution in [2.24, 2.45) is 11.1 Å². The third-order valence-electron chi connectivity index (χ3n) is 3.95. The summed E-state index contributed by atoms with van der Waals surface area (Å²) in [5.74, 6) is -0.742. The van der Waals surface area contributed by atoms with E-state index in [9.17, 15) is 9.18 Å². The van der Waals surface area contributed by atoms with Crippen LogP contribution in [0.4, 0.5) is 10.1 Å². The van der Waals surface area contributed by atoms with E-state index in [-0.39, 0.29) is 18.0 Å². The zero-order valence-corrected chi connectivity index (χ0v) is 12.1. The number of halogens is 1. The molecule has 5 heteroatoms. The summed E-state index contributed by atoms with van der Waals surface area (Å²) in [6, 6.07) is 4.50. The van der Waals surface area contributed by atoms with Crippen molar-refractivity contribution in [3.8, 4) is 6.07 Å². The molecule has 0 aliphatic carbocycles. The van der Waals surface area contributed by atoms with E-state index in [0.717, 1.165) is 6.07 Å². The van der Waals surface area contributed by atoms with E-state index in [1.54, 1.807) is 6.92 Å². The van der Waals surface area contributed by atoms with Crippen LogP contribution in [-0.4, -0.2) is 12.5 Å². The molecular weight excluding hydrogens is 257 g/mol. The van der Waals surface area contributed by atoms with Crippen LogP contribution >= 0.6 is 0 Å². The Morgan fingerprint density at radius 1 is 1.45 bits per heavy atom. The Labute approximate surface area is 118 Å². The predicted octanol–water partition coefficient (Wildman–Crippen LogP) is 2.71. The van der Waals surface area contributed by atoms with E-state index in [1.807, 2.05) is 19.9 Å². The lowest BCUT2D eigenvalue weighted by Crippen LogP contribution is -2.41. The molecule has 0 spiro atoms. The van der Waals surface area contributed by atoms with Crippen molar-refractivity contribution in [1.82, 2.24) is 0 Å². The Morgan fingerprint density at radius 3 is 2.50 bits per heavy atom. The maximum absolute atomic E-state index is 13.7. The van der Waals surface area contributed by atoms with Crippen LogP contribution in [0, 0.1) is 29.5 Å². The molecule has 0 atom stereocenters. The first-order valence-electron chi connectivity index (χ1n) is 6.65. The first kappa shape index (κ1) is 16.1. The molecule has 108 valence electrons. The molecule has 0 aliphatic rings. The Bertz CT molecular complexity index is 537. The van der Waals surface area contributed by atoms with Crippen molar-refractivity contribution in [3.05, 3.63) is 29.1 Å². The number of nitriles is 1. The van der Waals surface area contributed by atoms with Gasteiger partial charge in [-0.2, -0.15) is 5.26 Å². The molecule has 1 aromatic rings. The second kappa shape index (κ2) is 6.49. The lowest BCUT2D eigenvalue weighted by Gasteiger charge is -2.28. The Morgan fingerprint density at radius 2 is 2.05 bits per heavy atom. The fourth-order valence-electron chi connectivity index (χ4n) is 2.08. The highest BCUT2D eigenvalue weighted by Gasteiger charge is 2.33. The molecule has 0 radical (unpaired) electrons. The maximum atomic E-state index is 13.7. The quantitative estimate of drug-likeness (QED) is 0.868. The van der Waals surface area contributed by atoms with Gasteiger partial charge in [-0.1, -0.05) is 13.8 Å². The normalized spacial score (nSPS) is 11.0. The molecule has 4 nitrogen and oxygen atoms in total. The van der Waals surface area contributed by atoms with Crippen LogP contribution in [-0.2, 0) is 4.79 Å². The second-order valence-electron chi connectivity index (χ2n) is 4.89. The number of amides is 1. The summed E-state index contributed by atoms with van der Waals surface area (Å²) in [5.41, 5.74) is 5.88. The molecule has 1 aromatic carbocycles. The van der Waals surface area contributed by atoms with Crippen LogP contribution in [0.1, 0.15) is 37.8 Å². The molecule has 0 saturated carbocycles. The van der Waals surface area contributed by atoms with Gasteiger partial charge in [0.05, 0.1) is 17.0 Å². The van der Waals surface area contributed by atoms with Crippen molar-refractivity contribution in [3.63, 3.8) is 0 Å². The van der Waals surface area contributed by atoms with Crippen LogP contribution in [0.2, 0.25) is 0 Å². The molecule has 0 unspecified atom stereocenters. The van der Waals surface area contributed by atoms with Gasteiger partial charge in [-0.05, 0) is 31.9 Å².